The summed E-state index contributed by atoms with van der Waals surface area (Å²) in [6.45, 7) is -1.12. The molecule has 1 saturated carbocycles. The number of halogens is 3. The minimum atomic E-state index is -4.55. The number of alkyl halides is 3. The van der Waals surface area contributed by atoms with Crippen molar-refractivity contribution in [2.75, 3.05) is 14.0 Å². The molecule has 3 atom stereocenters. The van der Waals surface area contributed by atoms with Crippen LogP contribution in [0.4, 0.5) is 18.0 Å². The summed E-state index contributed by atoms with van der Waals surface area (Å²) >= 11 is 0. The number of nitrogens with zero attached hydrogens (tertiary/aromatic N) is 1. The topological polar surface area (TPSA) is 41.6 Å². The maximum Gasteiger partial charge on any atom is 0.416 e. The molecule has 1 aliphatic carbocycles. The molecule has 1 aromatic rings. The molecule has 7 heteroatoms. The van der Waals surface area contributed by atoms with Gasteiger partial charge in [-0.3, -0.25) is 0 Å². The summed E-state index contributed by atoms with van der Waals surface area (Å²) in [7, 11) is 0. The first-order valence-electron chi connectivity index (χ1n) is 11.7. The van der Waals surface area contributed by atoms with Crippen LogP contribution >= 0.6 is 0 Å². The van der Waals surface area contributed by atoms with Crippen molar-refractivity contribution < 1.29 is 30.9 Å². The molecule has 0 aromatic heterocycles. The van der Waals surface area contributed by atoms with Gasteiger partial charge in [-0.2, -0.15) is 13.2 Å². The van der Waals surface area contributed by atoms with E-state index in [2.05, 4.69) is 5.32 Å². The fraction of sp³-hybridized carbons (Fsp3) is 0.650. The molecule has 4 nitrogen and oxygen atoms in total. The van der Waals surface area contributed by atoms with Crippen LogP contribution in [-0.4, -0.2) is 42.6 Å². The first-order valence-corrected chi connectivity index (χ1v) is 8.75. The molecule has 2 rings (SSSR count). The number of likely N-dealkylation sites (N-methyl/N-ethyl adjacent to an activating group) is 1. The Bertz CT molecular complexity index is 823. The minimum Gasteiger partial charge on any atom is -0.444 e. The number of benzene rings is 1. The third kappa shape index (κ3) is 6.13. The van der Waals surface area contributed by atoms with Crippen molar-refractivity contribution in [1.29, 1.82) is 0 Å². The molecule has 0 radical (unpaired) electrons. The molecule has 0 unspecified atom stereocenters. The summed E-state index contributed by atoms with van der Waals surface area (Å²) < 4.78 is 91.5. The van der Waals surface area contributed by atoms with Crippen LogP contribution in [-0.2, 0) is 10.9 Å². The highest BCUT2D eigenvalue weighted by atomic mass is 19.4. The Morgan fingerprint density at radius 3 is 2.56 bits per heavy atom. The maximum atomic E-state index is 13.2. The van der Waals surface area contributed by atoms with Gasteiger partial charge < -0.3 is 15.0 Å². The molecule has 0 bridgehead atoms. The zero-order valence-electron chi connectivity index (χ0n) is 21.6. The highest BCUT2D eigenvalue weighted by Crippen LogP contribution is 2.37. The monoisotopic (exact) mass is 392 g/mol. The van der Waals surface area contributed by atoms with Gasteiger partial charge in [0.2, 0.25) is 0 Å². The van der Waals surface area contributed by atoms with Crippen molar-refractivity contribution >= 4 is 6.09 Å². The maximum absolute atomic E-state index is 13.2. The molecule has 0 saturated heterocycles. The summed E-state index contributed by atoms with van der Waals surface area (Å²) in [5.74, 6) is -0.527. The molecule has 1 N–H and O–H groups in total. The van der Waals surface area contributed by atoms with Gasteiger partial charge in [-0.05, 0) is 71.5 Å². The molecular formula is C20H29F3N2O2. The average Bonchev–Trinajstić information content (AvgIpc) is 2.58. The van der Waals surface area contributed by atoms with Crippen LogP contribution in [0.1, 0.15) is 65.3 Å². The van der Waals surface area contributed by atoms with Gasteiger partial charge in [0.25, 0.3) is 0 Å². The Hall–Kier alpha value is -1.76. The van der Waals surface area contributed by atoms with Crippen molar-refractivity contribution in [3.8, 4) is 0 Å². The molecule has 0 heterocycles. The van der Waals surface area contributed by atoms with Crippen molar-refractivity contribution in [2.24, 2.45) is 0 Å². The molecule has 152 valence electrons. The number of carbonyl (C=O) groups is 1. The second kappa shape index (κ2) is 8.09. The third-order valence-electron chi connectivity index (χ3n) is 4.54. The summed E-state index contributed by atoms with van der Waals surface area (Å²) in [5, 5.41) is 2.57. The van der Waals surface area contributed by atoms with Crippen LogP contribution in [0, 0.1) is 0 Å². The Morgan fingerprint density at radius 1 is 1.26 bits per heavy atom. The highest BCUT2D eigenvalue weighted by Gasteiger charge is 2.36. The predicted octanol–water partition coefficient (Wildman–Crippen LogP) is 4.80. The van der Waals surface area contributed by atoms with Crippen LogP contribution in [0.2, 0.25) is 0 Å². The van der Waals surface area contributed by atoms with E-state index in [4.69, 9.17) is 13.0 Å². The molecule has 0 spiro atoms. The number of nitrogens with one attached hydrogen (secondary N) is 1. The average molecular weight is 392 g/mol. The van der Waals surface area contributed by atoms with E-state index in [-0.39, 0.29) is 12.8 Å². The largest absolute Gasteiger partial charge is 0.444 e. The summed E-state index contributed by atoms with van der Waals surface area (Å²) in [4.78, 5) is 12.7. The van der Waals surface area contributed by atoms with Crippen molar-refractivity contribution in [1.82, 2.24) is 10.2 Å². The van der Waals surface area contributed by atoms with Crippen LogP contribution in [0.15, 0.2) is 24.3 Å². The van der Waals surface area contributed by atoms with Crippen molar-refractivity contribution in [3.63, 3.8) is 0 Å². The Kier molecular flexibility index (Phi) is 4.27. The normalized spacial score (nSPS) is 28.2. The number of ether oxygens (including phenoxy) is 1. The second-order valence-electron chi connectivity index (χ2n) is 7.82. The van der Waals surface area contributed by atoms with Gasteiger partial charge in [0, 0.05) is 20.3 Å². The molecule has 1 aliphatic rings. The van der Waals surface area contributed by atoms with Gasteiger partial charge in [0.15, 0.2) is 0 Å². The molecule has 1 amide bonds. The van der Waals surface area contributed by atoms with E-state index >= 15 is 0 Å². The Balaban J connectivity index is 2.40. The molecular weight excluding hydrogens is 357 g/mol. The van der Waals surface area contributed by atoms with Gasteiger partial charge in [-0.1, -0.05) is 18.2 Å². The molecule has 1 fully saturated rings. The molecule has 27 heavy (non-hydrogen) atoms. The standard InChI is InChI=1S/C20H29F3N2O2/c1-19(2,3)27-18(26)24-16-10-9-14(12-17(16)25(4)5)13-7-6-8-15(11-13)20(21,22)23/h6-8,11,14,16-17H,9-10,12H2,1-5H3,(H,24,26)/t14-,16-,17-/m0/s1/i4D3,5D3. The van der Waals surface area contributed by atoms with E-state index in [1.54, 1.807) is 20.8 Å². The highest BCUT2D eigenvalue weighted by molar-refractivity contribution is 5.68. The van der Waals surface area contributed by atoms with E-state index < -0.39 is 55.4 Å². The lowest BCUT2D eigenvalue weighted by Gasteiger charge is -2.40. The van der Waals surface area contributed by atoms with E-state index in [1.807, 2.05) is 0 Å². The lowest BCUT2D eigenvalue weighted by atomic mass is 9.78. The quantitative estimate of drug-likeness (QED) is 0.804. The lowest BCUT2D eigenvalue weighted by molar-refractivity contribution is -0.137. The zero-order chi connectivity index (χ0) is 25.4. The minimum absolute atomic E-state index is 0.0709. The van der Waals surface area contributed by atoms with Gasteiger partial charge in [-0.15, -0.1) is 0 Å². The number of amides is 1. The second-order valence-corrected chi connectivity index (χ2v) is 7.82. The number of hydrogen-bond donors (Lipinski definition) is 1. The molecule has 0 aliphatic heterocycles. The summed E-state index contributed by atoms with van der Waals surface area (Å²) in [5.41, 5.74) is -1.33. The van der Waals surface area contributed by atoms with Crippen LogP contribution in [0.5, 0.6) is 0 Å². The van der Waals surface area contributed by atoms with Gasteiger partial charge in [-0.25, -0.2) is 4.79 Å². The van der Waals surface area contributed by atoms with Crippen LogP contribution in [0.25, 0.3) is 0 Å². The fourth-order valence-corrected chi connectivity index (χ4v) is 3.33. The lowest BCUT2D eigenvalue weighted by Crippen LogP contribution is -2.53. The Morgan fingerprint density at radius 2 is 1.96 bits per heavy atom. The van der Waals surface area contributed by atoms with E-state index in [0.717, 1.165) is 12.1 Å². The third-order valence-corrected chi connectivity index (χ3v) is 4.54. The van der Waals surface area contributed by atoms with Gasteiger partial charge in [0.1, 0.15) is 5.60 Å². The number of carbonyl (C=O) groups excluding carboxylic acids is 1. The number of rotatable bonds is 3. The first kappa shape index (κ1) is 14.3. The molecule has 1 aromatic carbocycles. The van der Waals surface area contributed by atoms with Crippen molar-refractivity contribution in [3.05, 3.63) is 35.4 Å². The SMILES string of the molecule is [2H]C([2H])([2H])N([C@H]1C[C@@H](c2cccc(C(F)(F)F)c2)CC[C@@H]1NC(=O)OC(C)(C)C)C([2H])([2H])[2H]. The number of alkyl carbamates (subject to hydrolysis) is 1. The summed E-state index contributed by atoms with van der Waals surface area (Å²) in [6, 6.07) is 2.64. The van der Waals surface area contributed by atoms with E-state index in [9.17, 15) is 18.0 Å². The predicted molar refractivity (Wildman–Crippen MR) is 98.7 cm³/mol. The zero-order valence-corrected chi connectivity index (χ0v) is 15.6. The first-order chi connectivity index (χ1) is 14.8. The van der Waals surface area contributed by atoms with Crippen molar-refractivity contribution in [2.45, 2.75) is 69.8 Å². The smallest absolute Gasteiger partial charge is 0.416 e. The summed E-state index contributed by atoms with van der Waals surface area (Å²) in [6.07, 6.45) is -4.96. The van der Waals surface area contributed by atoms with Gasteiger partial charge in [0.05, 0.1) is 5.56 Å². The van der Waals surface area contributed by atoms with Gasteiger partial charge >= 0.3 is 12.3 Å². The van der Waals surface area contributed by atoms with Crippen LogP contribution < -0.4 is 5.32 Å². The Labute approximate surface area is 167 Å². The van der Waals surface area contributed by atoms with E-state index in [1.165, 1.54) is 12.1 Å². The fourth-order valence-electron chi connectivity index (χ4n) is 3.33. The van der Waals surface area contributed by atoms with E-state index in [0.29, 0.717) is 16.9 Å². The van der Waals surface area contributed by atoms with Crippen LogP contribution in [0.3, 0.4) is 0 Å². The number of hydrogen-bond acceptors (Lipinski definition) is 3.